The van der Waals surface area contributed by atoms with Gasteiger partial charge in [-0.1, -0.05) is 24.6 Å². The van der Waals surface area contributed by atoms with E-state index in [1.165, 1.54) is 24.6 Å². The van der Waals surface area contributed by atoms with Gasteiger partial charge in [-0.2, -0.15) is 5.10 Å². The van der Waals surface area contributed by atoms with Crippen LogP contribution in [0.15, 0.2) is 47.4 Å². The van der Waals surface area contributed by atoms with E-state index < -0.39 is 5.82 Å². The Morgan fingerprint density at radius 1 is 1.26 bits per heavy atom. The van der Waals surface area contributed by atoms with Crippen LogP contribution in [0.4, 0.5) is 10.2 Å². The first-order valence-corrected chi connectivity index (χ1v) is 15.3. The molecular formula is C29H33ClFN9OS. The van der Waals surface area contributed by atoms with E-state index in [1.54, 1.807) is 47.4 Å². The van der Waals surface area contributed by atoms with Gasteiger partial charge in [0, 0.05) is 60.3 Å². The number of carbonyl (C=O) groups excluding carboxylic acids is 1. The van der Waals surface area contributed by atoms with Crippen molar-refractivity contribution in [3.63, 3.8) is 0 Å². The lowest BCUT2D eigenvalue weighted by Gasteiger charge is -2.30. The maximum absolute atomic E-state index is 14.0. The molecular weight excluding hydrogens is 577 g/mol. The van der Waals surface area contributed by atoms with Crippen molar-refractivity contribution in [3.05, 3.63) is 65.1 Å². The number of benzene rings is 1. The molecule has 10 nitrogen and oxygen atoms in total. The van der Waals surface area contributed by atoms with Crippen LogP contribution in [0.25, 0.3) is 16.9 Å². The lowest BCUT2D eigenvalue weighted by molar-refractivity contribution is -0.122. The molecule has 3 aromatic heterocycles. The summed E-state index contributed by atoms with van der Waals surface area (Å²) in [5.41, 5.74) is 4.79. The van der Waals surface area contributed by atoms with Crippen molar-refractivity contribution in [1.29, 1.82) is 0 Å². The number of amides is 1. The molecule has 220 valence electrons. The Bertz CT molecular complexity index is 1640. The molecule has 13 heteroatoms. The molecule has 6 rings (SSSR count). The summed E-state index contributed by atoms with van der Waals surface area (Å²) in [6.45, 7) is 7.56. The first-order valence-electron chi connectivity index (χ1n) is 14.1. The Morgan fingerprint density at radius 2 is 2.14 bits per heavy atom. The number of nitrogens with one attached hydrogen (secondary N) is 2. The summed E-state index contributed by atoms with van der Waals surface area (Å²) in [6, 6.07) is 4.38. The van der Waals surface area contributed by atoms with Crippen LogP contribution in [0.5, 0.6) is 0 Å². The molecule has 2 aliphatic heterocycles. The molecule has 2 unspecified atom stereocenters. The van der Waals surface area contributed by atoms with Gasteiger partial charge in [0.25, 0.3) is 0 Å². The third-order valence-corrected chi connectivity index (χ3v) is 8.65. The Hall–Kier alpha value is -3.48. The van der Waals surface area contributed by atoms with Crippen molar-refractivity contribution in [2.24, 2.45) is 10.3 Å². The molecule has 1 saturated heterocycles. The van der Waals surface area contributed by atoms with Gasteiger partial charge >= 0.3 is 0 Å². The molecule has 2 N–H and O–H groups in total. The largest absolute Gasteiger partial charge is 0.353 e. The predicted octanol–water partition coefficient (Wildman–Crippen LogP) is 4.97. The number of halogens is 2. The zero-order valence-corrected chi connectivity index (χ0v) is 25.1. The molecule has 5 heterocycles. The molecule has 0 saturated carbocycles. The van der Waals surface area contributed by atoms with Crippen molar-refractivity contribution >= 4 is 46.6 Å². The van der Waals surface area contributed by atoms with Crippen LogP contribution in [-0.2, 0) is 17.9 Å². The van der Waals surface area contributed by atoms with Crippen LogP contribution < -0.4 is 10.6 Å². The predicted molar refractivity (Wildman–Crippen MR) is 164 cm³/mol. The topological polar surface area (TPSA) is 105 Å². The fourth-order valence-electron chi connectivity index (χ4n) is 5.50. The highest BCUT2D eigenvalue weighted by Crippen LogP contribution is 2.30. The molecule has 1 amide bonds. The number of aromatic nitrogens is 5. The van der Waals surface area contributed by atoms with E-state index in [4.69, 9.17) is 21.0 Å². The minimum Gasteiger partial charge on any atom is -0.353 e. The number of piperidine rings is 1. The van der Waals surface area contributed by atoms with Gasteiger partial charge in [0.05, 0.1) is 23.8 Å². The number of nitrogens with zero attached hydrogens (tertiary/aromatic N) is 7. The summed E-state index contributed by atoms with van der Waals surface area (Å²) >= 11 is 7.36. The van der Waals surface area contributed by atoms with Crippen molar-refractivity contribution in [2.75, 3.05) is 25.0 Å². The minimum absolute atomic E-state index is 0.00306. The minimum atomic E-state index is -0.456. The second-order valence-corrected chi connectivity index (χ2v) is 12.5. The molecule has 0 spiro atoms. The normalized spacial score (nSPS) is 19.3. The van der Waals surface area contributed by atoms with E-state index in [9.17, 15) is 9.18 Å². The summed E-state index contributed by atoms with van der Waals surface area (Å²) in [5.74, 6) is 0.719. The number of fused-ring (bicyclic) bond motifs is 1. The molecule has 2 atom stereocenters. The SMILES string of the molecule is Cc1cn2c(-c3cnn(CC(=O)NCc4ccc(Cl)cc4F)c3)cnc2c(NC2CC(CN3CCCC(C)C3)=NS2)n1. The van der Waals surface area contributed by atoms with Gasteiger partial charge in [-0.05, 0) is 56.3 Å². The first-order chi connectivity index (χ1) is 20.3. The van der Waals surface area contributed by atoms with Crippen molar-refractivity contribution in [2.45, 2.75) is 51.6 Å². The molecule has 1 fully saturated rings. The van der Waals surface area contributed by atoms with E-state index in [-0.39, 0.29) is 24.4 Å². The number of carbonyl (C=O) groups is 1. The van der Waals surface area contributed by atoms with Crippen LogP contribution >= 0.6 is 23.5 Å². The smallest absolute Gasteiger partial charge is 0.241 e. The standard InChI is InChI=1S/C29H33ClFN9OS/c1-18-4-3-7-38(13-18)16-23-9-27(42-37-23)36-28-29-33-12-25(40(29)14-19(2)35-28)21-11-34-39(15-21)17-26(41)32-10-20-5-6-22(30)8-24(20)31/h5-6,8,11-12,14-15,18,27H,3-4,7,9-10,13,16-17H2,1-2H3,(H,32,41)(H,35,36). The highest BCUT2D eigenvalue weighted by molar-refractivity contribution is 7.99. The van der Waals surface area contributed by atoms with Crippen LogP contribution in [0, 0.1) is 18.7 Å². The molecule has 2 aliphatic rings. The van der Waals surface area contributed by atoms with Gasteiger partial charge in [-0.25, -0.2) is 18.8 Å². The van der Waals surface area contributed by atoms with E-state index in [0.717, 1.165) is 48.9 Å². The second kappa shape index (κ2) is 12.4. The number of imidazole rings is 1. The van der Waals surface area contributed by atoms with Gasteiger partial charge in [-0.3, -0.25) is 18.8 Å². The number of aryl methyl sites for hydroxylation is 1. The molecule has 0 bridgehead atoms. The van der Waals surface area contributed by atoms with Gasteiger partial charge in [0.1, 0.15) is 17.7 Å². The Balaban J connectivity index is 1.09. The fraction of sp³-hybridized carbons (Fsp3) is 0.414. The van der Waals surface area contributed by atoms with Gasteiger partial charge < -0.3 is 10.6 Å². The Kier molecular flexibility index (Phi) is 8.45. The van der Waals surface area contributed by atoms with E-state index in [0.29, 0.717) is 22.1 Å². The lowest BCUT2D eigenvalue weighted by atomic mass is 10.00. The fourth-order valence-corrected chi connectivity index (χ4v) is 6.50. The number of hydrogen-bond donors (Lipinski definition) is 2. The Labute approximate surface area is 252 Å². The number of likely N-dealkylation sites (tertiary alicyclic amines) is 1. The van der Waals surface area contributed by atoms with Crippen LogP contribution in [0.1, 0.15) is 37.4 Å². The highest BCUT2D eigenvalue weighted by atomic mass is 35.5. The van der Waals surface area contributed by atoms with Crippen molar-refractivity contribution in [1.82, 2.24) is 34.4 Å². The van der Waals surface area contributed by atoms with Crippen molar-refractivity contribution < 1.29 is 9.18 Å². The molecule has 42 heavy (non-hydrogen) atoms. The number of rotatable bonds is 9. The molecule has 0 radical (unpaired) electrons. The van der Waals surface area contributed by atoms with E-state index in [2.05, 4.69) is 32.5 Å². The van der Waals surface area contributed by atoms with Crippen LogP contribution in [0.3, 0.4) is 0 Å². The maximum Gasteiger partial charge on any atom is 0.241 e. The summed E-state index contributed by atoms with van der Waals surface area (Å²) in [6.07, 6.45) is 10.7. The lowest BCUT2D eigenvalue weighted by Crippen LogP contribution is -2.38. The van der Waals surface area contributed by atoms with Crippen LogP contribution in [0.2, 0.25) is 5.02 Å². The molecule has 0 aliphatic carbocycles. The highest BCUT2D eigenvalue weighted by Gasteiger charge is 2.25. The third kappa shape index (κ3) is 6.61. The number of anilines is 1. The van der Waals surface area contributed by atoms with Gasteiger partial charge in [0.2, 0.25) is 5.91 Å². The zero-order chi connectivity index (χ0) is 29.2. The zero-order valence-electron chi connectivity index (χ0n) is 23.6. The van der Waals surface area contributed by atoms with E-state index in [1.807, 2.05) is 17.5 Å². The average molecular weight is 610 g/mol. The summed E-state index contributed by atoms with van der Waals surface area (Å²) in [4.78, 5) is 24.4. The van der Waals surface area contributed by atoms with Crippen LogP contribution in [-0.4, -0.2) is 65.7 Å². The molecule has 4 aromatic rings. The van der Waals surface area contributed by atoms with Gasteiger partial charge in [0.15, 0.2) is 11.5 Å². The number of hydrogen-bond acceptors (Lipinski definition) is 8. The quantitative estimate of drug-likeness (QED) is 0.258. The summed E-state index contributed by atoms with van der Waals surface area (Å²) < 4.78 is 22.3. The second-order valence-electron chi connectivity index (χ2n) is 11.1. The van der Waals surface area contributed by atoms with E-state index >= 15 is 0 Å². The van der Waals surface area contributed by atoms with Crippen molar-refractivity contribution in [3.8, 4) is 11.3 Å². The average Bonchev–Trinajstić information content (AvgIpc) is 3.68. The Morgan fingerprint density at radius 3 is 2.98 bits per heavy atom. The summed E-state index contributed by atoms with van der Waals surface area (Å²) in [5, 5.41) is 11.1. The first kappa shape index (κ1) is 28.6. The van der Waals surface area contributed by atoms with Gasteiger partial charge in [-0.15, -0.1) is 0 Å². The molecule has 1 aromatic carbocycles. The summed E-state index contributed by atoms with van der Waals surface area (Å²) in [7, 11) is 0. The third-order valence-electron chi connectivity index (χ3n) is 7.51. The maximum atomic E-state index is 14.0. The monoisotopic (exact) mass is 609 g/mol.